The molecule has 0 aromatic heterocycles. The Balaban J connectivity index is 2.46. The Morgan fingerprint density at radius 2 is 1.63 bits per heavy atom. The zero-order chi connectivity index (χ0) is 26.3. The summed E-state index contributed by atoms with van der Waals surface area (Å²) >= 11 is 12.1. The van der Waals surface area contributed by atoms with Crippen LogP contribution in [-0.2, 0) is 26.2 Å². The molecule has 1 unspecified atom stereocenters. The number of carbonyl (C=O) groups excluding carboxylic acids is 2. The van der Waals surface area contributed by atoms with Crippen LogP contribution < -0.4 is 14.4 Å². The molecule has 2 rings (SSSR count). The van der Waals surface area contributed by atoms with E-state index in [4.69, 9.17) is 27.9 Å². The van der Waals surface area contributed by atoms with E-state index >= 15 is 0 Å². The molecule has 0 aliphatic rings. The zero-order valence-electron chi connectivity index (χ0n) is 20.4. The third-order valence-electron chi connectivity index (χ3n) is 5.14. The molecule has 1 N–H and O–H groups in total. The maximum atomic E-state index is 13.6. The minimum Gasteiger partial charge on any atom is -0.497 e. The van der Waals surface area contributed by atoms with Gasteiger partial charge < -0.3 is 15.0 Å². The first-order valence-electron chi connectivity index (χ1n) is 11.0. The Morgan fingerprint density at radius 1 is 1.06 bits per heavy atom. The van der Waals surface area contributed by atoms with E-state index in [1.165, 1.54) is 23.1 Å². The van der Waals surface area contributed by atoms with Gasteiger partial charge in [0, 0.05) is 22.6 Å². The molecule has 0 aliphatic heterocycles. The second kappa shape index (κ2) is 12.5. The number of benzene rings is 2. The molecular weight excluding hydrogens is 513 g/mol. The van der Waals surface area contributed by atoms with Gasteiger partial charge in [-0.15, -0.1) is 0 Å². The van der Waals surface area contributed by atoms with Gasteiger partial charge in [0.15, 0.2) is 0 Å². The van der Waals surface area contributed by atoms with E-state index in [2.05, 4.69) is 5.32 Å². The number of hydrogen-bond acceptors (Lipinski definition) is 5. The van der Waals surface area contributed by atoms with Crippen molar-refractivity contribution in [2.75, 3.05) is 24.2 Å². The summed E-state index contributed by atoms with van der Waals surface area (Å²) in [6, 6.07) is 10.4. The van der Waals surface area contributed by atoms with Crippen LogP contribution in [0.15, 0.2) is 42.5 Å². The molecule has 2 aromatic rings. The van der Waals surface area contributed by atoms with E-state index in [9.17, 15) is 18.0 Å². The lowest BCUT2D eigenvalue weighted by molar-refractivity contribution is -0.140. The van der Waals surface area contributed by atoms with Crippen LogP contribution in [0.2, 0.25) is 10.0 Å². The quantitative estimate of drug-likeness (QED) is 0.460. The maximum Gasteiger partial charge on any atom is 0.244 e. The smallest absolute Gasteiger partial charge is 0.244 e. The van der Waals surface area contributed by atoms with Gasteiger partial charge in [-0.3, -0.25) is 13.9 Å². The van der Waals surface area contributed by atoms with Gasteiger partial charge in [-0.1, -0.05) is 42.3 Å². The fourth-order valence-electron chi connectivity index (χ4n) is 3.52. The number of nitrogens with zero attached hydrogens (tertiary/aromatic N) is 2. The van der Waals surface area contributed by atoms with Crippen LogP contribution in [0, 0.1) is 0 Å². The molecule has 1 atom stereocenters. The topological polar surface area (TPSA) is 96.0 Å². The summed E-state index contributed by atoms with van der Waals surface area (Å²) in [6.45, 7) is 5.02. The summed E-state index contributed by atoms with van der Waals surface area (Å²) in [6.07, 6.45) is 1.33. The largest absolute Gasteiger partial charge is 0.497 e. The highest BCUT2D eigenvalue weighted by Gasteiger charge is 2.32. The van der Waals surface area contributed by atoms with Crippen molar-refractivity contribution in [2.45, 2.75) is 45.8 Å². The van der Waals surface area contributed by atoms with Gasteiger partial charge in [-0.2, -0.15) is 0 Å². The third kappa shape index (κ3) is 8.30. The normalized spacial score (nSPS) is 12.2. The summed E-state index contributed by atoms with van der Waals surface area (Å²) in [5, 5.41) is 3.30. The monoisotopic (exact) mass is 543 g/mol. The third-order valence-corrected chi connectivity index (χ3v) is 6.72. The van der Waals surface area contributed by atoms with Crippen molar-refractivity contribution in [2.24, 2.45) is 0 Å². The van der Waals surface area contributed by atoms with Gasteiger partial charge in [-0.25, -0.2) is 8.42 Å². The van der Waals surface area contributed by atoms with Crippen LogP contribution in [0.1, 0.15) is 32.8 Å². The molecule has 0 aliphatic carbocycles. The highest BCUT2D eigenvalue weighted by atomic mass is 35.5. The van der Waals surface area contributed by atoms with E-state index in [-0.39, 0.29) is 34.2 Å². The number of halogens is 2. The summed E-state index contributed by atoms with van der Waals surface area (Å²) < 4.78 is 31.4. The van der Waals surface area contributed by atoms with E-state index < -0.39 is 28.5 Å². The van der Waals surface area contributed by atoms with Crippen LogP contribution in [0.25, 0.3) is 0 Å². The maximum absolute atomic E-state index is 13.6. The first kappa shape index (κ1) is 28.7. The molecule has 2 aromatic carbocycles. The number of amides is 2. The average molecular weight is 545 g/mol. The summed E-state index contributed by atoms with van der Waals surface area (Å²) in [4.78, 5) is 28.0. The van der Waals surface area contributed by atoms with E-state index in [1.807, 2.05) is 13.8 Å². The highest BCUT2D eigenvalue weighted by molar-refractivity contribution is 7.92. The summed E-state index contributed by atoms with van der Waals surface area (Å²) in [5.41, 5.74) is 0.911. The van der Waals surface area contributed by atoms with Gasteiger partial charge >= 0.3 is 0 Å². The van der Waals surface area contributed by atoms with Crippen molar-refractivity contribution in [3.8, 4) is 5.75 Å². The van der Waals surface area contributed by atoms with Crippen molar-refractivity contribution in [1.82, 2.24) is 10.2 Å². The standard InChI is InChI=1S/C24H31Cl2N3O5S/c1-6-22(24(31)27-16(2)3)28(14-17-7-9-21(34-4)10-8-17)23(30)15-29(35(5,32)33)20-12-18(25)11-19(26)13-20/h7-13,16,22H,6,14-15H2,1-5H3,(H,27,31). The van der Waals surface area contributed by atoms with E-state index in [0.29, 0.717) is 12.2 Å². The number of sulfonamides is 1. The van der Waals surface area contributed by atoms with Crippen LogP contribution in [0.5, 0.6) is 5.75 Å². The Labute approximate surface area is 217 Å². The SMILES string of the molecule is CCC(C(=O)NC(C)C)N(Cc1ccc(OC)cc1)C(=O)CN(c1cc(Cl)cc(Cl)c1)S(C)(=O)=O. The number of carbonyl (C=O) groups is 2. The second-order valence-electron chi connectivity index (χ2n) is 8.35. The first-order chi connectivity index (χ1) is 16.3. The van der Waals surface area contributed by atoms with Crippen molar-refractivity contribution in [3.05, 3.63) is 58.1 Å². The Morgan fingerprint density at radius 3 is 2.09 bits per heavy atom. The number of ether oxygens (including phenoxy) is 1. The van der Waals surface area contributed by atoms with Crippen molar-refractivity contribution >= 4 is 50.7 Å². The van der Waals surface area contributed by atoms with Crippen LogP contribution in [0.4, 0.5) is 5.69 Å². The Hall–Kier alpha value is -2.49. The lowest BCUT2D eigenvalue weighted by Crippen LogP contribution is -2.53. The molecule has 35 heavy (non-hydrogen) atoms. The van der Waals surface area contributed by atoms with Crippen LogP contribution in [0.3, 0.4) is 0 Å². The molecule has 2 amide bonds. The molecule has 192 valence electrons. The molecule has 0 saturated heterocycles. The van der Waals surface area contributed by atoms with Gasteiger partial charge in [0.25, 0.3) is 0 Å². The fourth-order valence-corrected chi connectivity index (χ4v) is 4.87. The number of anilines is 1. The molecule has 8 nitrogen and oxygen atoms in total. The minimum atomic E-state index is -3.88. The fraction of sp³-hybridized carbons (Fsp3) is 0.417. The number of nitrogens with one attached hydrogen (secondary N) is 1. The van der Waals surface area contributed by atoms with Crippen LogP contribution in [-0.4, -0.2) is 57.1 Å². The molecule has 0 radical (unpaired) electrons. The number of rotatable bonds is 11. The molecule has 0 saturated carbocycles. The molecule has 0 fully saturated rings. The molecule has 0 heterocycles. The molecular formula is C24H31Cl2N3O5S. The zero-order valence-corrected chi connectivity index (χ0v) is 22.7. The lowest BCUT2D eigenvalue weighted by atomic mass is 10.1. The summed E-state index contributed by atoms with van der Waals surface area (Å²) in [7, 11) is -2.33. The number of hydrogen-bond donors (Lipinski definition) is 1. The van der Waals surface area contributed by atoms with Crippen molar-refractivity contribution < 1.29 is 22.7 Å². The predicted molar refractivity (Wildman–Crippen MR) is 140 cm³/mol. The Kier molecular flexibility index (Phi) is 10.2. The first-order valence-corrected chi connectivity index (χ1v) is 13.6. The van der Waals surface area contributed by atoms with E-state index in [0.717, 1.165) is 16.1 Å². The van der Waals surface area contributed by atoms with Gasteiger partial charge in [-0.05, 0) is 56.2 Å². The van der Waals surface area contributed by atoms with Gasteiger partial charge in [0.2, 0.25) is 21.8 Å². The lowest BCUT2D eigenvalue weighted by Gasteiger charge is -2.33. The molecule has 0 spiro atoms. The molecule has 11 heteroatoms. The van der Waals surface area contributed by atoms with E-state index in [1.54, 1.807) is 38.3 Å². The minimum absolute atomic E-state index is 0.0980. The van der Waals surface area contributed by atoms with Gasteiger partial charge in [0.05, 0.1) is 19.1 Å². The van der Waals surface area contributed by atoms with Crippen LogP contribution >= 0.6 is 23.2 Å². The Bertz CT molecular complexity index is 1120. The van der Waals surface area contributed by atoms with Gasteiger partial charge in [0.1, 0.15) is 18.3 Å². The average Bonchev–Trinajstić information content (AvgIpc) is 2.75. The molecule has 0 bridgehead atoms. The summed E-state index contributed by atoms with van der Waals surface area (Å²) in [5.74, 6) is -0.216. The van der Waals surface area contributed by atoms with Crippen molar-refractivity contribution in [3.63, 3.8) is 0 Å². The second-order valence-corrected chi connectivity index (χ2v) is 11.1. The number of methoxy groups -OCH3 is 1. The highest BCUT2D eigenvalue weighted by Crippen LogP contribution is 2.27. The van der Waals surface area contributed by atoms with Crippen molar-refractivity contribution in [1.29, 1.82) is 0 Å². The predicted octanol–water partition coefficient (Wildman–Crippen LogP) is 4.10.